The largest absolute Gasteiger partial charge is 0.353 e. The van der Waals surface area contributed by atoms with E-state index in [9.17, 15) is 9.59 Å². The maximum absolute atomic E-state index is 12.6. The lowest BCUT2D eigenvalue weighted by Gasteiger charge is -2.32. The van der Waals surface area contributed by atoms with E-state index in [1.807, 2.05) is 23.1 Å². The smallest absolute Gasteiger partial charge is 0.227 e. The van der Waals surface area contributed by atoms with Crippen molar-refractivity contribution in [1.29, 1.82) is 0 Å². The Balaban J connectivity index is 1.56. The Morgan fingerprint density at radius 2 is 1.96 bits per heavy atom. The number of nitrogens with zero attached hydrogens (tertiary/aromatic N) is 1. The van der Waals surface area contributed by atoms with Crippen molar-refractivity contribution in [1.82, 2.24) is 5.32 Å². The summed E-state index contributed by atoms with van der Waals surface area (Å²) < 4.78 is 0. The van der Waals surface area contributed by atoms with Crippen molar-refractivity contribution in [3.05, 3.63) is 24.3 Å². The van der Waals surface area contributed by atoms with E-state index in [0.717, 1.165) is 23.4 Å². The Morgan fingerprint density at radius 1 is 1.22 bits per heavy atom. The summed E-state index contributed by atoms with van der Waals surface area (Å²) in [7, 11) is 0. The zero-order valence-electron chi connectivity index (χ0n) is 13.6. The Kier molecular flexibility index (Phi) is 5.26. The van der Waals surface area contributed by atoms with E-state index in [0.29, 0.717) is 17.8 Å². The molecule has 1 heterocycles. The zero-order chi connectivity index (χ0) is 16.2. The second-order valence-electron chi connectivity index (χ2n) is 6.45. The molecule has 1 aromatic rings. The average Bonchev–Trinajstić information content (AvgIpc) is 3.04. The normalized spacial score (nSPS) is 21.1. The van der Waals surface area contributed by atoms with Crippen LogP contribution in [0.4, 0.5) is 5.69 Å². The van der Waals surface area contributed by atoms with Gasteiger partial charge in [-0.1, -0.05) is 31.9 Å². The number of para-hydroxylation sites is 1. The van der Waals surface area contributed by atoms with E-state index in [4.69, 9.17) is 0 Å². The molecule has 0 saturated heterocycles. The molecule has 0 bridgehead atoms. The lowest BCUT2D eigenvalue weighted by atomic mass is 10.2. The van der Waals surface area contributed by atoms with Gasteiger partial charge in [-0.25, -0.2) is 0 Å². The molecule has 4 nitrogen and oxygen atoms in total. The molecule has 2 aliphatic rings. The first-order valence-electron chi connectivity index (χ1n) is 8.49. The lowest BCUT2D eigenvalue weighted by molar-refractivity contribution is -0.125. The lowest BCUT2D eigenvalue weighted by Crippen LogP contribution is -2.39. The zero-order valence-corrected chi connectivity index (χ0v) is 14.4. The third-order valence-electron chi connectivity index (χ3n) is 4.51. The fraction of sp³-hybridized carbons (Fsp3) is 0.556. The Hall–Kier alpha value is -1.49. The van der Waals surface area contributed by atoms with Crippen LogP contribution in [-0.4, -0.2) is 29.7 Å². The van der Waals surface area contributed by atoms with Crippen molar-refractivity contribution in [3.63, 3.8) is 0 Å². The van der Waals surface area contributed by atoms with E-state index < -0.39 is 0 Å². The number of hydrogen-bond acceptors (Lipinski definition) is 3. The van der Waals surface area contributed by atoms with Gasteiger partial charge in [0, 0.05) is 35.6 Å². The highest BCUT2D eigenvalue weighted by molar-refractivity contribution is 8.00. The van der Waals surface area contributed by atoms with Gasteiger partial charge in [0.15, 0.2) is 0 Å². The highest BCUT2D eigenvalue weighted by atomic mass is 32.2. The van der Waals surface area contributed by atoms with Gasteiger partial charge in [0.05, 0.1) is 5.69 Å². The first kappa shape index (κ1) is 16.4. The molecule has 1 fully saturated rings. The molecular formula is C18H24N2O2S. The molecule has 0 aromatic heterocycles. The van der Waals surface area contributed by atoms with Crippen LogP contribution in [0.15, 0.2) is 29.2 Å². The Morgan fingerprint density at radius 3 is 2.74 bits per heavy atom. The van der Waals surface area contributed by atoms with E-state index in [-0.39, 0.29) is 24.7 Å². The minimum atomic E-state index is 0.0120. The monoisotopic (exact) mass is 332 g/mol. The predicted octanol–water partition coefficient (Wildman–Crippen LogP) is 3.35. The second kappa shape index (κ2) is 7.39. The molecule has 1 aliphatic heterocycles. The quantitative estimate of drug-likeness (QED) is 0.920. The number of benzene rings is 1. The van der Waals surface area contributed by atoms with E-state index in [1.165, 1.54) is 12.8 Å². The van der Waals surface area contributed by atoms with Gasteiger partial charge in [0.2, 0.25) is 11.8 Å². The maximum Gasteiger partial charge on any atom is 0.227 e. The summed E-state index contributed by atoms with van der Waals surface area (Å²) in [6.07, 6.45) is 5.12. The third-order valence-corrected chi connectivity index (χ3v) is 5.66. The molecule has 2 amide bonds. The number of carbonyl (C=O) groups excluding carboxylic acids is 2. The summed E-state index contributed by atoms with van der Waals surface area (Å²) in [5, 5.41) is 3.43. The first-order chi connectivity index (χ1) is 11.1. The molecule has 0 radical (unpaired) electrons. The number of fused-ring (bicyclic) bond motifs is 1. The van der Waals surface area contributed by atoms with Crippen molar-refractivity contribution < 1.29 is 9.59 Å². The number of thioether (sulfide) groups is 1. The number of nitrogens with one attached hydrogen (secondary N) is 1. The summed E-state index contributed by atoms with van der Waals surface area (Å²) >= 11 is 1.81. The molecule has 1 saturated carbocycles. The van der Waals surface area contributed by atoms with Crippen LogP contribution in [0.3, 0.4) is 0 Å². The fourth-order valence-electron chi connectivity index (χ4n) is 3.35. The van der Waals surface area contributed by atoms with E-state index in [2.05, 4.69) is 18.3 Å². The fourth-order valence-corrected chi connectivity index (χ4v) is 4.46. The molecular weight excluding hydrogens is 308 g/mol. The maximum atomic E-state index is 12.6. The van der Waals surface area contributed by atoms with Crippen LogP contribution in [0, 0.1) is 0 Å². The molecule has 1 aromatic carbocycles. The minimum Gasteiger partial charge on any atom is -0.353 e. The number of hydrogen-bond donors (Lipinski definition) is 1. The van der Waals surface area contributed by atoms with Crippen molar-refractivity contribution in [2.45, 2.75) is 61.6 Å². The highest BCUT2D eigenvalue weighted by Gasteiger charge is 2.27. The van der Waals surface area contributed by atoms with Gasteiger partial charge in [0.25, 0.3) is 0 Å². The van der Waals surface area contributed by atoms with Gasteiger partial charge in [-0.3, -0.25) is 9.59 Å². The third kappa shape index (κ3) is 4.08. The molecule has 1 atom stereocenters. The standard InChI is InChI=1S/C18H24N2O2S/c1-13-12-20(15-8-4-5-9-16(15)23-13)18(22)11-10-17(21)19-14-6-2-3-7-14/h4-5,8-9,13-14H,2-3,6-7,10-12H2,1H3,(H,19,21). The molecule has 0 spiro atoms. The molecule has 3 rings (SSSR count). The minimum absolute atomic E-state index is 0.0120. The first-order valence-corrected chi connectivity index (χ1v) is 9.37. The van der Waals surface area contributed by atoms with Crippen molar-refractivity contribution in [3.8, 4) is 0 Å². The van der Waals surface area contributed by atoms with Crippen LogP contribution in [0.2, 0.25) is 0 Å². The van der Waals surface area contributed by atoms with Crippen molar-refractivity contribution in [2.24, 2.45) is 0 Å². The van der Waals surface area contributed by atoms with E-state index >= 15 is 0 Å². The highest BCUT2D eigenvalue weighted by Crippen LogP contribution is 2.38. The Labute approximate surface area is 142 Å². The summed E-state index contributed by atoms with van der Waals surface area (Å²) in [4.78, 5) is 27.6. The van der Waals surface area contributed by atoms with Gasteiger partial charge in [-0.2, -0.15) is 0 Å². The molecule has 1 N–H and O–H groups in total. The summed E-state index contributed by atoms with van der Waals surface area (Å²) in [6, 6.07) is 8.34. The topological polar surface area (TPSA) is 49.4 Å². The van der Waals surface area contributed by atoms with Crippen LogP contribution < -0.4 is 10.2 Å². The number of rotatable bonds is 4. The molecule has 124 valence electrons. The SMILES string of the molecule is CC1CN(C(=O)CCC(=O)NC2CCCC2)c2ccccc2S1. The van der Waals surface area contributed by atoms with Crippen molar-refractivity contribution >= 4 is 29.3 Å². The molecule has 5 heteroatoms. The molecule has 23 heavy (non-hydrogen) atoms. The van der Waals surface area contributed by atoms with Gasteiger partial charge in [0.1, 0.15) is 0 Å². The van der Waals surface area contributed by atoms with E-state index in [1.54, 1.807) is 11.8 Å². The van der Waals surface area contributed by atoms with Gasteiger partial charge in [-0.05, 0) is 25.0 Å². The number of amides is 2. The van der Waals surface area contributed by atoms with Crippen LogP contribution >= 0.6 is 11.8 Å². The van der Waals surface area contributed by atoms with Crippen LogP contribution in [-0.2, 0) is 9.59 Å². The van der Waals surface area contributed by atoms with Crippen molar-refractivity contribution in [2.75, 3.05) is 11.4 Å². The van der Waals surface area contributed by atoms with Crippen LogP contribution in [0.5, 0.6) is 0 Å². The number of carbonyl (C=O) groups is 2. The summed E-state index contributed by atoms with van der Waals surface area (Å²) in [6.45, 7) is 2.85. The van der Waals surface area contributed by atoms with Gasteiger partial charge in [-0.15, -0.1) is 11.8 Å². The average molecular weight is 332 g/mol. The molecule has 1 aliphatic carbocycles. The summed E-state index contributed by atoms with van der Waals surface area (Å²) in [5.41, 5.74) is 0.983. The number of anilines is 1. The summed E-state index contributed by atoms with van der Waals surface area (Å²) in [5.74, 6) is 0.0594. The predicted molar refractivity (Wildman–Crippen MR) is 93.7 cm³/mol. The van der Waals surface area contributed by atoms with Gasteiger partial charge < -0.3 is 10.2 Å². The van der Waals surface area contributed by atoms with Crippen LogP contribution in [0.25, 0.3) is 0 Å². The second-order valence-corrected chi connectivity index (χ2v) is 7.93. The van der Waals surface area contributed by atoms with Gasteiger partial charge >= 0.3 is 0 Å². The van der Waals surface area contributed by atoms with Crippen LogP contribution in [0.1, 0.15) is 45.4 Å². The molecule has 1 unspecified atom stereocenters. The Bertz CT molecular complexity index is 584.